The van der Waals surface area contributed by atoms with E-state index in [1.54, 1.807) is 12.1 Å². The van der Waals surface area contributed by atoms with Gasteiger partial charge in [0.05, 0.1) is 11.7 Å². The topological polar surface area (TPSA) is 78.8 Å². The van der Waals surface area contributed by atoms with Crippen LogP contribution in [0.25, 0.3) is 11.1 Å². The van der Waals surface area contributed by atoms with E-state index in [9.17, 15) is 9.90 Å². The number of fused-ring (bicyclic) bond motifs is 1. The molecule has 1 aliphatic carbocycles. The van der Waals surface area contributed by atoms with Crippen molar-refractivity contribution in [1.29, 1.82) is 0 Å². The molecule has 0 saturated carbocycles. The van der Waals surface area contributed by atoms with Crippen molar-refractivity contribution in [2.24, 2.45) is 0 Å². The molecule has 0 fully saturated rings. The number of hydrogen-bond acceptors (Lipinski definition) is 4. The molecule has 0 bridgehead atoms. The number of rotatable bonds is 8. The minimum atomic E-state index is -0.960. The van der Waals surface area contributed by atoms with Gasteiger partial charge in [-0.1, -0.05) is 54.1 Å². The summed E-state index contributed by atoms with van der Waals surface area (Å²) < 4.78 is 5.86. The Morgan fingerprint density at radius 2 is 1.62 bits per heavy atom. The summed E-state index contributed by atoms with van der Waals surface area (Å²) in [5.74, 6) is 0.316. The molecule has 0 unspecified atom stereocenters. The Morgan fingerprint density at radius 3 is 2.32 bits per heavy atom. The number of aryl methyl sites for hydroxylation is 1. The van der Waals surface area contributed by atoms with E-state index < -0.39 is 12.1 Å². The molecule has 0 spiro atoms. The first-order chi connectivity index (χ1) is 17.9. The lowest BCUT2D eigenvalue weighted by atomic mass is 9.86. The van der Waals surface area contributed by atoms with E-state index in [2.05, 4.69) is 23.5 Å². The number of aliphatic hydroxyl groups is 1. The Hall–Kier alpha value is -3.64. The van der Waals surface area contributed by atoms with Crippen LogP contribution in [0.2, 0.25) is 5.02 Å². The van der Waals surface area contributed by atoms with Crippen molar-refractivity contribution in [3.63, 3.8) is 0 Å². The van der Waals surface area contributed by atoms with Crippen LogP contribution in [0, 0.1) is 0 Å². The van der Waals surface area contributed by atoms with Crippen LogP contribution in [0.15, 0.2) is 91.0 Å². The highest BCUT2D eigenvalue weighted by Crippen LogP contribution is 2.30. The summed E-state index contributed by atoms with van der Waals surface area (Å²) in [5, 5.41) is 23.8. The Morgan fingerprint density at radius 1 is 0.919 bits per heavy atom. The monoisotopic (exact) mass is 513 g/mol. The van der Waals surface area contributed by atoms with Gasteiger partial charge < -0.3 is 20.3 Å². The molecule has 2 atom stereocenters. The molecule has 0 aromatic heterocycles. The van der Waals surface area contributed by atoms with Crippen molar-refractivity contribution in [3.8, 4) is 22.6 Å². The highest BCUT2D eigenvalue weighted by atomic mass is 35.5. The smallest absolute Gasteiger partial charge is 0.335 e. The zero-order chi connectivity index (χ0) is 25.8. The molecular weight excluding hydrogens is 486 g/mol. The van der Waals surface area contributed by atoms with E-state index in [0.29, 0.717) is 29.1 Å². The number of aromatic carboxylic acids is 1. The van der Waals surface area contributed by atoms with Crippen molar-refractivity contribution < 1.29 is 19.7 Å². The third kappa shape index (κ3) is 6.20. The fraction of sp³-hybridized carbons (Fsp3) is 0.194. The van der Waals surface area contributed by atoms with Crippen LogP contribution >= 0.6 is 11.6 Å². The molecule has 1 aliphatic rings. The number of benzene rings is 4. The highest BCUT2D eigenvalue weighted by Gasteiger charge is 2.20. The van der Waals surface area contributed by atoms with Crippen LogP contribution in [0.5, 0.6) is 11.5 Å². The maximum absolute atomic E-state index is 11.0. The maximum Gasteiger partial charge on any atom is 0.335 e. The predicted octanol–water partition coefficient (Wildman–Crippen LogP) is 6.68. The highest BCUT2D eigenvalue weighted by molar-refractivity contribution is 6.30. The number of carboxylic acid groups (broad SMARTS) is 1. The summed E-state index contributed by atoms with van der Waals surface area (Å²) in [5.41, 5.74) is 6.01. The van der Waals surface area contributed by atoms with Crippen molar-refractivity contribution in [3.05, 3.63) is 118 Å². The van der Waals surface area contributed by atoms with Gasteiger partial charge in [-0.25, -0.2) is 4.79 Å². The van der Waals surface area contributed by atoms with Gasteiger partial charge in [-0.3, -0.25) is 0 Å². The first kappa shape index (κ1) is 25.0. The van der Waals surface area contributed by atoms with Crippen molar-refractivity contribution in [1.82, 2.24) is 5.32 Å². The maximum atomic E-state index is 11.0. The molecule has 0 radical (unpaired) electrons. The largest absolute Gasteiger partial charge is 0.478 e. The summed E-state index contributed by atoms with van der Waals surface area (Å²) in [6, 6.07) is 28.6. The van der Waals surface area contributed by atoms with Crippen molar-refractivity contribution in [2.75, 3.05) is 6.54 Å². The Labute approximate surface area is 221 Å². The lowest BCUT2D eigenvalue weighted by Gasteiger charge is -2.27. The molecule has 4 aromatic rings. The summed E-state index contributed by atoms with van der Waals surface area (Å²) in [6.07, 6.45) is 2.36. The van der Waals surface area contributed by atoms with E-state index in [0.717, 1.165) is 36.0 Å². The van der Waals surface area contributed by atoms with Crippen LogP contribution in [0.1, 0.15) is 39.6 Å². The standard InChI is InChI=1S/C31H28ClNO4/c32-26-3-1-2-24(17-26)30(34)19-33-27-11-6-21-4-5-23(16-25(21)18-27)20-7-12-28(13-8-20)37-29-14-9-22(10-15-29)31(35)36/h1-5,7-10,12-17,27,30,33-34H,6,11,18-19H2,(H,35,36)/t27-,30-/m0/s1. The lowest BCUT2D eigenvalue weighted by molar-refractivity contribution is 0.0697. The third-order valence-electron chi connectivity index (χ3n) is 6.79. The molecule has 5 nitrogen and oxygen atoms in total. The van der Waals surface area contributed by atoms with Gasteiger partial charge in [0.15, 0.2) is 0 Å². The van der Waals surface area contributed by atoms with Crippen LogP contribution in [-0.2, 0) is 12.8 Å². The fourth-order valence-electron chi connectivity index (χ4n) is 4.74. The van der Waals surface area contributed by atoms with E-state index in [-0.39, 0.29) is 5.56 Å². The molecule has 0 amide bonds. The minimum absolute atomic E-state index is 0.227. The fourth-order valence-corrected chi connectivity index (χ4v) is 4.94. The van der Waals surface area contributed by atoms with Gasteiger partial charge in [-0.05, 0) is 95.6 Å². The SMILES string of the molecule is O=C(O)c1ccc(Oc2ccc(-c3ccc4c(c3)C[C@@H](NC[C@H](O)c3cccc(Cl)c3)CC4)cc2)cc1. The molecule has 6 heteroatoms. The second kappa shape index (κ2) is 11.2. The van der Waals surface area contributed by atoms with Crippen LogP contribution in [-0.4, -0.2) is 28.8 Å². The van der Waals surface area contributed by atoms with Crippen LogP contribution in [0.3, 0.4) is 0 Å². The van der Waals surface area contributed by atoms with Crippen molar-refractivity contribution in [2.45, 2.75) is 31.4 Å². The Balaban J connectivity index is 1.21. The normalized spacial score (nSPS) is 15.6. The average molecular weight is 514 g/mol. The predicted molar refractivity (Wildman–Crippen MR) is 146 cm³/mol. The third-order valence-corrected chi connectivity index (χ3v) is 7.03. The molecule has 3 N–H and O–H groups in total. The molecule has 4 aromatic carbocycles. The molecule has 37 heavy (non-hydrogen) atoms. The second-order valence-corrected chi connectivity index (χ2v) is 9.79. The summed E-state index contributed by atoms with van der Waals surface area (Å²) in [4.78, 5) is 11.0. The first-order valence-electron chi connectivity index (χ1n) is 12.3. The number of carboxylic acids is 1. The van der Waals surface area contributed by atoms with Crippen LogP contribution in [0.4, 0.5) is 0 Å². The molecule has 0 aliphatic heterocycles. The Bertz CT molecular complexity index is 1390. The van der Waals surface area contributed by atoms with Gasteiger partial charge in [-0.2, -0.15) is 0 Å². The van der Waals surface area contributed by atoms with Crippen LogP contribution < -0.4 is 10.1 Å². The van der Waals surface area contributed by atoms with E-state index in [1.807, 2.05) is 48.5 Å². The zero-order valence-corrected chi connectivity index (χ0v) is 21.0. The number of carbonyl (C=O) groups is 1. The summed E-state index contributed by atoms with van der Waals surface area (Å²) >= 11 is 6.06. The van der Waals surface area contributed by atoms with Crippen molar-refractivity contribution >= 4 is 17.6 Å². The van der Waals surface area contributed by atoms with Gasteiger partial charge in [0.1, 0.15) is 11.5 Å². The Kier molecular flexibility index (Phi) is 7.56. The first-order valence-corrected chi connectivity index (χ1v) is 12.7. The van der Waals surface area contributed by atoms with Gasteiger partial charge in [0, 0.05) is 17.6 Å². The van der Waals surface area contributed by atoms with Gasteiger partial charge in [0.25, 0.3) is 0 Å². The average Bonchev–Trinajstić information content (AvgIpc) is 2.92. The van der Waals surface area contributed by atoms with Gasteiger partial charge in [-0.15, -0.1) is 0 Å². The van der Waals surface area contributed by atoms with E-state index in [4.69, 9.17) is 21.4 Å². The second-order valence-electron chi connectivity index (χ2n) is 9.36. The zero-order valence-electron chi connectivity index (χ0n) is 20.2. The number of hydrogen-bond donors (Lipinski definition) is 3. The minimum Gasteiger partial charge on any atom is -0.478 e. The van der Waals surface area contributed by atoms with E-state index in [1.165, 1.54) is 23.3 Å². The summed E-state index contributed by atoms with van der Waals surface area (Å²) in [7, 11) is 0. The quantitative estimate of drug-likeness (QED) is 0.245. The molecule has 0 saturated heterocycles. The number of halogens is 1. The number of aliphatic hydroxyl groups excluding tert-OH is 1. The van der Waals surface area contributed by atoms with Gasteiger partial charge >= 0.3 is 5.97 Å². The number of nitrogens with one attached hydrogen (secondary N) is 1. The van der Waals surface area contributed by atoms with Gasteiger partial charge in [0.2, 0.25) is 0 Å². The molecule has 5 rings (SSSR count). The number of ether oxygens (including phenoxy) is 1. The molecule has 0 heterocycles. The molecule has 188 valence electrons. The lowest BCUT2D eigenvalue weighted by Crippen LogP contribution is -2.37. The van der Waals surface area contributed by atoms with E-state index >= 15 is 0 Å². The molecular formula is C31H28ClNO4. The summed E-state index contributed by atoms with van der Waals surface area (Å²) in [6.45, 7) is 0.487.